The number of rotatable bonds is 1. The maximum atomic E-state index is 5.76. The van der Waals surface area contributed by atoms with E-state index >= 15 is 0 Å². The van der Waals surface area contributed by atoms with Gasteiger partial charge in [0.25, 0.3) is 3.12 Å². The predicted molar refractivity (Wildman–Crippen MR) is 80.1 cm³/mol. The van der Waals surface area contributed by atoms with Crippen molar-refractivity contribution in [2.24, 2.45) is 4.40 Å². The number of hydrogen-bond acceptors (Lipinski definition) is 4. The van der Waals surface area contributed by atoms with Gasteiger partial charge in [0, 0.05) is 38.1 Å². The van der Waals surface area contributed by atoms with E-state index in [-0.39, 0.29) is 0 Å². The first-order valence-electron chi connectivity index (χ1n) is 6.04. The molecule has 2 saturated heterocycles. The van der Waals surface area contributed by atoms with Crippen molar-refractivity contribution >= 4 is 52.7 Å². The average molecular weight is 349 g/mol. The zero-order chi connectivity index (χ0) is 13.7. The quantitative estimate of drug-likeness (QED) is 0.313. The molecule has 0 radical (unpaired) electrons. The molecular formula is C10H16Cl3N3O2S. The van der Waals surface area contributed by atoms with E-state index in [4.69, 9.17) is 44.3 Å². The average Bonchev–Trinajstić information content (AvgIpc) is 2.40. The first kappa shape index (κ1) is 15.8. The Labute approximate surface area is 132 Å². The summed E-state index contributed by atoms with van der Waals surface area (Å²) in [5.74, 6) is 0.850. The molecule has 0 aromatic carbocycles. The lowest BCUT2D eigenvalue weighted by atomic mass is 10.4. The third kappa shape index (κ3) is 5.36. The van der Waals surface area contributed by atoms with Crippen molar-refractivity contribution < 1.29 is 9.47 Å². The second kappa shape index (κ2) is 7.43. The second-order valence-electron chi connectivity index (χ2n) is 4.13. The minimum absolute atomic E-state index is 0.696. The van der Waals surface area contributed by atoms with E-state index in [0.29, 0.717) is 26.4 Å². The Kier molecular flexibility index (Phi) is 6.17. The molecule has 2 rings (SSSR count). The SMILES string of the molecule is ClC(Cl)(Cl)SN=C(N1CCOCC1)N1CCOCC1. The topological polar surface area (TPSA) is 37.3 Å². The van der Waals surface area contributed by atoms with Gasteiger partial charge in [-0.1, -0.05) is 34.8 Å². The molecule has 110 valence electrons. The molecule has 0 aliphatic carbocycles. The minimum atomic E-state index is -1.44. The van der Waals surface area contributed by atoms with Crippen molar-refractivity contribution in [3.05, 3.63) is 0 Å². The van der Waals surface area contributed by atoms with E-state index in [0.717, 1.165) is 44.1 Å². The van der Waals surface area contributed by atoms with Crippen LogP contribution in [0.25, 0.3) is 0 Å². The van der Waals surface area contributed by atoms with E-state index in [1.54, 1.807) is 0 Å². The molecule has 0 aromatic heterocycles. The highest BCUT2D eigenvalue weighted by Crippen LogP contribution is 2.39. The van der Waals surface area contributed by atoms with E-state index < -0.39 is 3.12 Å². The van der Waals surface area contributed by atoms with Gasteiger partial charge in [0.15, 0.2) is 0 Å². The van der Waals surface area contributed by atoms with E-state index in [2.05, 4.69) is 14.2 Å². The van der Waals surface area contributed by atoms with Gasteiger partial charge in [-0.3, -0.25) is 0 Å². The Bertz CT molecular complexity index is 296. The Morgan fingerprint density at radius 3 is 1.68 bits per heavy atom. The zero-order valence-corrected chi connectivity index (χ0v) is 13.4. The van der Waals surface area contributed by atoms with E-state index in [9.17, 15) is 0 Å². The molecule has 2 fully saturated rings. The molecule has 0 amide bonds. The monoisotopic (exact) mass is 347 g/mol. The Morgan fingerprint density at radius 2 is 1.32 bits per heavy atom. The predicted octanol–water partition coefficient (Wildman–Crippen LogP) is 1.98. The smallest absolute Gasteiger partial charge is 0.258 e. The summed E-state index contributed by atoms with van der Waals surface area (Å²) in [5.41, 5.74) is 0. The van der Waals surface area contributed by atoms with Crippen LogP contribution < -0.4 is 0 Å². The van der Waals surface area contributed by atoms with Crippen molar-refractivity contribution in [1.29, 1.82) is 0 Å². The van der Waals surface area contributed by atoms with Crippen molar-refractivity contribution in [3.63, 3.8) is 0 Å². The number of guanidine groups is 1. The summed E-state index contributed by atoms with van der Waals surface area (Å²) in [7, 11) is 0. The minimum Gasteiger partial charge on any atom is -0.378 e. The molecule has 0 bridgehead atoms. The molecule has 0 spiro atoms. The molecule has 0 saturated carbocycles. The normalized spacial score (nSPS) is 21.4. The van der Waals surface area contributed by atoms with Crippen molar-refractivity contribution in [2.75, 3.05) is 52.6 Å². The summed E-state index contributed by atoms with van der Waals surface area (Å²) >= 11 is 18.2. The number of halogens is 3. The van der Waals surface area contributed by atoms with Gasteiger partial charge >= 0.3 is 0 Å². The summed E-state index contributed by atoms with van der Waals surface area (Å²) in [6, 6.07) is 0. The van der Waals surface area contributed by atoms with Gasteiger partial charge in [0.2, 0.25) is 5.96 Å². The fourth-order valence-corrected chi connectivity index (χ4v) is 2.66. The summed E-state index contributed by atoms with van der Waals surface area (Å²) < 4.78 is 13.7. The van der Waals surface area contributed by atoms with Crippen LogP contribution in [-0.4, -0.2) is 71.5 Å². The largest absolute Gasteiger partial charge is 0.378 e. The fourth-order valence-electron chi connectivity index (χ4n) is 1.93. The number of alkyl halides is 3. The molecule has 0 N–H and O–H groups in total. The highest BCUT2D eigenvalue weighted by Gasteiger charge is 2.26. The van der Waals surface area contributed by atoms with Crippen LogP contribution in [0.4, 0.5) is 0 Å². The zero-order valence-electron chi connectivity index (χ0n) is 10.4. The van der Waals surface area contributed by atoms with Gasteiger partial charge in [0.05, 0.1) is 26.4 Å². The van der Waals surface area contributed by atoms with Crippen LogP contribution in [-0.2, 0) is 9.47 Å². The molecule has 2 aliphatic heterocycles. The molecule has 0 atom stereocenters. The fraction of sp³-hybridized carbons (Fsp3) is 0.900. The third-order valence-corrected chi connectivity index (χ3v) is 3.90. The number of hydrogen-bond donors (Lipinski definition) is 0. The Hall–Kier alpha value is 0.410. The maximum absolute atomic E-state index is 5.76. The van der Waals surface area contributed by atoms with Gasteiger partial charge < -0.3 is 19.3 Å². The standard InChI is InChI=1S/C10H16Cl3N3O2S/c11-10(12,13)19-14-9(15-1-5-17-6-2-15)16-3-7-18-8-4-16/h1-8H2. The van der Waals surface area contributed by atoms with Crippen molar-refractivity contribution in [2.45, 2.75) is 3.12 Å². The summed E-state index contributed by atoms with van der Waals surface area (Å²) in [6.45, 7) is 5.99. The first-order chi connectivity index (χ1) is 9.06. The van der Waals surface area contributed by atoms with Crippen LogP contribution >= 0.6 is 46.8 Å². The first-order valence-corrected chi connectivity index (χ1v) is 7.95. The van der Waals surface area contributed by atoms with Gasteiger partial charge in [-0.05, 0) is 0 Å². The van der Waals surface area contributed by atoms with E-state index in [1.165, 1.54) is 0 Å². The van der Waals surface area contributed by atoms with E-state index in [1.807, 2.05) is 0 Å². The lowest BCUT2D eigenvalue weighted by Gasteiger charge is -2.38. The molecule has 2 aliphatic rings. The molecule has 9 heteroatoms. The number of ether oxygens (including phenoxy) is 2. The molecule has 2 heterocycles. The lowest BCUT2D eigenvalue weighted by molar-refractivity contribution is 0.0424. The lowest BCUT2D eigenvalue weighted by Crippen LogP contribution is -2.52. The van der Waals surface area contributed by atoms with Crippen molar-refractivity contribution in [3.8, 4) is 0 Å². The molecule has 19 heavy (non-hydrogen) atoms. The van der Waals surface area contributed by atoms with Gasteiger partial charge in [-0.15, -0.1) is 0 Å². The van der Waals surface area contributed by atoms with Gasteiger partial charge in [-0.25, -0.2) is 0 Å². The maximum Gasteiger partial charge on any atom is 0.258 e. The highest BCUT2D eigenvalue weighted by molar-refractivity contribution is 8.03. The molecule has 0 aromatic rings. The van der Waals surface area contributed by atoms with Crippen LogP contribution in [0.3, 0.4) is 0 Å². The van der Waals surface area contributed by atoms with Crippen LogP contribution in [0, 0.1) is 0 Å². The van der Waals surface area contributed by atoms with Crippen LogP contribution in [0.15, 0.2) is 4.40 Å². The van der Waals surface area contributed by atoms with Gasteiger partial charge in [0.1, 0.15) is 0 Å². The molecular weight excluding hydrogens is 333 g/mol. The second-order valence-corrected chi connectivity index (χ2v) is 8.06. The Morgan fingerprint density at radius 1 is 0.895 bits per heavy atom. The third-order valence-electron chi connectivity index (χ3n) is 2.82. The summed E-state index contributed by atoms with van der Waals surface area (Å²) in [5, 5.41) is 0. The molecule has 5 nitrogen and oxygen atoms in total. The van der Waals surface area contributed by atoms with Gasteiger partial charge in [-0.2, -0.15) is 4.40 Å². The highest BCUT2D eigenvalue weighted by atomic mass is 35.6. The van der Waals surface area contributed by atoms with Crippen LogP contribution in [0.5, 0.6) is 0 Å². The Balaban J connectivity index is 2.06. The van der Waals surface area contributed by atoms with Crippen LogP contribution in [0.1, 0.15) is 0 Å². The molecule has 0 unspecified atom stereocenters. The van der Waals surface area contributed by atoms with Crippen molar-refractivity contribution in [1.82, 2.24) is 9.80 Å². The summed E-state index contributed by atoms with van der Waals surface area (Å²) in [4.78, 5) is 4.33. The summed E-state index contributed by atoms with van der Waals surface area (Å²) in [6.07, 6.45) is 0. The van der Waals surface area contributed by atoms with Crippen LogP contribution in [0.2, 0.25) is 0 Å². The number of nitrogens with zero attached hydrogens (tertiary/aromatic N) is 3. The number of morpholine rings is 2.